The molecule has 1 fully saturated rings. The van der Waals surface area contributed by atoms with Crippen molar-refractivity contribution in [2.45, 2.75) is 12.1 Å². The van der Waals surface area contributed by atoms with E-state index >= 15 is 0 Å². The Balaban J connectivity index is 1.89. The number of phenols is 1. The first-order valence-corrected chi connectivity index (χ1v) is 6.98. The third-order valence-corrected chi connectivity index (χ3v) is 3.72. The minimum absolute atomic E-state index is 0.0711. The number of phenolic OH excluding ortho intramolecular Hbond substituents is 1. The fourth-order valence-corrected chi connectivity index (χ4v) is 2.40. The van der Waals surface area contributed by atoms with Gasteiger partial charge in [-0.15, -0.1) is 0 Å². The van der Waals surface area contributed by atoms with E-state index in [0.29, 0.717) is 6.04 Å². The van der Waals surface area contributed by atoms with Gasteiger partial charge in [0.15, 0.2) is 0 Å². The molecule has 20 heavy (non-hydrogen) atoms. The van der Waals surface area contributed by atoms with Crippen LogP contribution >= 0.6 is 11.6 Å². The van der Waals surface area contributed by atoms with E-state index in [0.717, 1.165) is 29.4 Å². The molecular formula is C16H16ClNO2. The molecule has 2 aromatic carbocycles. The summed E-state index contributed by atoms with van der Waals surface area (Å²) < 4.78 is 5.22. The Morgan fingerprint density at radius 2 is 1.55 bits per heavy atom. The summed E-state index contributed by atoms with van der Waals surface area (Å²) in [5.74, 6) is 0.274. The van der Waals surface area contributed by atoms with Crippen LogP contribution in [0, 0.1) is 0 Å². The average Bonchev–Trinajstić information content (AvgIpc) is 2.41. The molecule has 2 aromatic rings. The molecule has 0 amide bonds. The van der Waals surface area contributed by atoms with Crippen molar-refractivity contribution in [1.82, 2.24) is 5.32 Å². The van der Waals surface area contributed by atoms with Crippen LogP contribution in [0.15, 0.2) is 48.5 Å². The summed E-state index contributed by atoms with van der Waals surface area (Å²) in [7, 11) is 0. The second-order valence-electron chi connectivity index (χ2n) is 4.98. The zero-order valence-corrected chi connectivity index (χ0v) is 11.7. The Morgan fingerprint density at radius 1 is 1.00 bits per heavy atom. The molecule has 0 aliphatic carbocycles. The van der Waals surface area contributed by atoms with Gasteiger partial charge in [0.05, 0.1) is 25.3 Å². The van der Waals surface area contributed by atoms with Gasteiger partial charge in [-0.1, -0.05) is 35.9 Å². The quantitative estimate of drug-likeness (QED) is 0.909. The molecular weight excluding hydrogens is 274 g/mol. The van der Waals surface area contributed by atoms with Crippen molar-refractivity contribution in [3.05, 3.63) is 64.7 Å². The Hall–Kier alpha value is -1.55. The van der Waals surface area contributed by atoms with Crippen molar-refractivity contribution in [2.24, 2.45) is 0 Å². The summed E-state index contributed by atoms with van der Waals surface area (Å²) in [6.45, 7) is 1.48. The lowest BCUT2D eigenvalue weighted by Crippen LogP contribution is -2.47. The smallest absolute Gasteiger partial charge is 0.115 e. The van der Waals surface area contributed by atoms with Crippen LogP contribution in [0.3, 0.4) is 0 Å². The summed E-state index contributed by atoms with van der Waals surface area (Å²) in [4.78, 5) is 0. The van der Waals surface area contributed by atoms with Crippen LogP contribution in [0.1, 0.15) is 17.2 Å². The molecule has 1 aliphatic rings. The number of halogens is 1. The lowest BCUT2D eigenvalue weighted by Gasteiger charge is -2.32. The van der Waals surface area contributed by atoms with E-state index < -0.39 is 0 Å². The van der Waals surface area contributed by atoms with Crippen molar-refractivity contribution < 1.29 is 9.84 Å². The van der Waals surface area contributed by atoms with Crippen LogP contribution < -0.4 is 5.32 Å². The first-order valence-electron chi connectivity index (χ1n) is 6.60. The Kier molecular flexibility index (Phi) is 3.92. The molecule has 1 atom stereocenters. The molecule has 0 spiro atoms. The molecule has 0 saturated carbocycles. The normalized spacial score (nSPS) is 16.6. The van der Waals surface area contributed by atoms with E-state index in [1.807, 2.05) is 36.4 Å². The monoisotopic (exact) mass is 289 g/mol. The third kappa shape index (κ3) is 2.96. The second kappa shape index (κ2) is 5.83. The largest absolute Gasteiger partial charge is 0.508 e. The van der Waals surface area contributed by atoms with Gasteiger partial charge in [0.1, 0.15) is 5.75 Å². The topological polar surface area (TPSA) is 41.5 Å². The average molecular weight is 290 g/mol. The van der Waals surface area contributed by atoms with Crippen LogP contribution in [0.4, 0.5) is 0 Å². The Bertz CT molecular complexity index is 519. The highest BCUT2D eigenvalue weighted by Gasteiger charge is 2.24. The number of hydrogen-bond donors (Lipinski definition) is 2. The molecule has 4 heteroatoms. The van der Waals surface area contributed by atoms with Gasteiger partial charge >= 0.3 is 0 Å². The second-order valence-corrected chi connectivity index (χ2v) is 5.41. The van der Waals surface area contributed by atoms with Gasteiger partial charge in [0, 0.05) is 5.02 Å². The lowest BCUT2D eigenvalue weighted by molar-refractivity contribution is -0.00826. The van der Waals surface area contributed by atoms with Crippen LogP contribution in [-0.2, 0) is 4.74 Å². The molecule has 0 bridgehead atoms. The summed E-state index contributed by atoms with van der Waals surface area (Å²) >= 11 is 5.95. The fourth-order valence-electron chi connectivity index (χ4n) is 2.27. The molecule has 1 heterocycles. The van der Waals surface area contributed by atoms with Crippen molar-refractivity contribution in [1.29, 1.82) is 0 Å². The van der Waals surface area contributed by atoms with Crippen molar-refractivity contribution in [3.8, 4) is 5.75 Å². The predicted molar refractivity (Wildman–Crippen MR) is 79.1 cm³/mol. The summed E-state index contributed by atoms with van der Waals surface area (Å²) in [5.41, 5.74) is 2.25. The first-order chi connectivity index (χ1) is 9.72. The van der Waals surface area contributed by atoms with Gasteiger partial charge in [-0.2, -0.15) is 0 Å². The maximum atomic E-state index is 9.43. The predicted octanol–water partition coefficient (Wildman–Crippen LogP) is 3.12. The molecule has 1 aliphatic heterocycles. The number of hydrogen-bond acceptors (Lipinski definition) is 3. The van der Waals surface area contributed by atoms with E-state index in [1.165, 1.54) is 0 Å². The van der Waals surface area contributed by atoms with E-state index in [9.17, 15) is 5.11 Å². The van der Waals surface area contributed by atoms with E-state index in [-0.39, 0.29) is 11.8 Å². The molecule has 2 N–H and O–H groups in total. The molecule has 104 valence electrons. The molecule has 3 rings (SSSR count). The van der Waals surface area contributed by atoms with Gasteiger partial charge in [0.2, 0.25) is 0 Å². The van der Waals surface area contributed by atoms with Gasteiger partial charge < -0.3 is 9.84 Å². The van der Waals surface area contributed by atoms with Gasteiger partial charge in [-0.25, -0.2) is 0 Å². The summed E-state index contributed by atoms with van der Waals surface area (Å²) in [6.07, 6.45) is 0. The standard InChI is InChI=1S/C16H16ClNO2/c17-13-5-1-11(2-6-13)16(18-14-9-20-10-14)12-3-7-15(19)8-4-12/h1-8,14,16,18-19H,9-10H2. The van der Waals surface area contributed by atoms with Gasteiger partial charge in [-0.05, 0) is 35.4 Å². The first kappa shape index (κ1) is 13.4. The zero-order valence-electron chi connectivity index (χ0n) is 10.9. The van der Waals surface area contributed by atoms with E-state index in [2.05, 4.69) is 5.32 Å². The highest BCUT2D eigenvalue weighted by molar-refractivity contribution is 6.30. The maximum absolute atomic E-state index is 9.43. The molecule has 3 nitrogen and oxygen atoms in total. The summed E-state index contributed by atoms with van der Waals surface area (Å²) in [6, 6.07) is 15.5. The zero-order chi connectivity index (χ0) is 13.9. The van der Waals surface area contributed by atoms with Crippen LogP contribution in [0.2, 0.25) is 5.02 Å². The molecule has 1 saturated heterocycles. The molecule has 0 aromatic heterocycles. The Morgan fingerprint density at radius 3 is 2.05 bits per heavy atom. The van der Waals surface area contributed by atoms with Crippen molar-refractivity contribution in [3.63, 3.8) is 0 Å². The van der Waals surface area contributed by atoms with E-state index in [1.54, 1.807) is 12.1 Å². The fraction of sp³-hybridized carbons (Fsp3) is 0.250. The summed E-state index contributed by atoms with van der Waals surface area (Å²) in [5, 5.41) is 13.7. The number of nitrogens with one attached hydrogen (secondary N) is 1. The van der Waals surface area contributed by atoms with Gasteiger partial charge in [-0.3, -0.25) is 5.32 Å². The maximum Gasteiger partial charge on any atom is 0.115 e. The van der Waals surface area contributed by atoms with Crippen molar-refractivity contribution >= 4 is 11.6 Å². The van der Waals surface area contributed by atoms with Crippen LogP contribution in [0.5, 0.6) is 5.75 Å². The van der Waals surface area contributed by atoms with Crippen molar-refractivity contribution in [2.75, 3.05) is 13.2 Å². The number of benzene rings is 2. The number of ether oxygens (including phenoxy) is 1. The minimum atomic E-state index is 0.0711. The SMILES string of the molecule is Oc1ccc(C(NC2COC2)c2ccc(Cl)cc2)cc1. The highest BCUT2D eigenvalue weighted by atomic mass is 35.5. The van der Waals surface area contributed by atoms with E-state index in [4.69, 9.17) is 16.3 Å². The number of aromatic hydroxyl groups is 1. The molecule has 1 unspecified atom stereocenters. The van der Waals surface area contributed by atoms with Gasteiger partial charge in [0.25, 0.3) is 0 Å². The van der Waals surface area contributed by atoms with Crippen LogP contribution in [-0.4, -0.2) is 24.4 Å². The Labute approximate surface area is 123 Å². The highest BCUT2D eigenvalue weighted by Crippen LogP contribution is 2.26. The lowest BCUT2D eigenvalue weighted by atomic mass is 9.97. The van der Waals surface area contributed by atoms with Crippen LogP contribution in [0.25, 0.3) is 0 Å². The number of rotatable bonds is 4. The third-order valence-electron chi connectivity index (χ3n) is 3.47. The molecule has 0 radical (unpaired) electrons. The minimum Gasteiger partial charge on any atom is -0.508 e.